The molecule has 0 heterocycles. The van der Waals surface area contributed by atoms with Crippen molar-refractivity contribution in [2.75, 3.05) is 18.4 Å². The second-order valence-electron chi connectivity index (χ2n) is 3.97. The van der Waals surface area contributed by atoms with Crippen LogP contribution in [0.3, 0.4) is 0 Å². The predicted molar refractivity (Wildman–Crippen MR) is 78.3 cm³/mol. The number of nitrogens with one attached hydrogen (secondary N) is 1. The third kappa shape index (κ3) is 4.34. The van der Waals surface area contributed by atoms with Crippen molar-refractivity contribution in [3.05, 3.63) is 27.7 Å². The molecule has 0 saturated heterocycles. The number of amides is 2. The monoisotopic (exact) mass is 314 g/mol. The highest BCUT2D eigenvalue weighted by Crippen LogP contribution is 2.28. The topological polar surface area (TPSA) is 69.6 Å². The smallest absolute Gasteiger partial charge is 0.323 e. The van der Waals surface area contributed by atoms with E-state index < -0.39 is 18.5 Å². The molecule has 0 spiro atoms. The van der Waals surface area contributed by atoms with E-state index in [9.17, 15) is 9.59 Å². The minimum absolute atomic E-state index is 0.130. The first-order valence-electron chi connectivity index (χ1n) is 5.52. The van der Waals surface area contributed by atoms with Crippen molar-refractivity contribution in [2.45, 2.75) is 6.92 Å². The highest BCUT2D eigenvalue weighted by atomic mass is 35.5. The summed E-state index contributed by atoms with van der Waals surface area (Å²) in [4.78, 5) is 23.6. The van der Waals surface area contributed by atoms with Crippen molar-refractivity contribution < 1.29 is 14.7 Å². The number of anilines is 1. The number of rotatable bonds is 4. The number of hydrogen-bond donors (Lipinski definition) is 2. The first-order valence-corrected chi connectivity index (χ1v) is 6.27. The third-order valence-corrected chi connectivity index (χ3v) is 3.11. The highest BCUT2D eigenvalue weighted by Gasteiger charge is 2.17. The molecule has 0 radical (unpaired) electrons. The molecule has 7 heteroatoms. The molecule has 5 nitrogen and oxygen atoms in total. The van der Waals surface area contributed by atoms with Gasteiger partial charge in [0.25, 0.3) is 0 Å². The van der Waals surface area contributed by atoms with E-state index in [2.05, 4.69) is 11.2 Å². The van der Waals surface area contributed by atoms with E-state index in [0.29, 0.717) is 15.7 Å². The third-order valence-electron chi connectivity index (χ3n) is 2.39. The van der Waals surface area contributed by atoms with Gasteiger partial charge in [0.05, 0.1) is 17.3 Å². The average molecular weight is 315 g/mol. The Morgan fingerprint density at radius 3 is 2.60 bits per heavy atom. The number of aliphatic carboxylic acids is 1. The maximum Gasteiger partial charge on any atom is 0.323 e. The number of carboxylic acid groups (broad SMARTS) is 1. The van der Waals surface area contributed by atoms with Gasteiger partial charge in [-0.15, -0.1) is 6.42 Å². The fourth-order valence-electron chi connectivity index (χ4n) is 1.41. The van der Waals surface area contributed by atoms with Gasteiger partial charge in [0, 0.05) is 5.02 Å². The van der Waals surface area contributed by atoms with Gasteiger partial charge < -0.3 is 15.3 Å². The molecular formula is C13H12Cl2N2O3. The van der Waals surface area contributed by atoms with Gasteiger partial charge in [0.15, 0.2) is 0 Å². The summed E-state index contributed by atoms with van der Waals surface area (Å²) < 4.78 is 0. The van der Waals surface area contributed by atoms with Crippen LogP contribution in [0.4, 0.5) is 10.5 Å². The predicted octanol–water partition coefficient (Wildman–Crippen LogP) is 2.85. The second-order valence-corrected chi connectivity index (χ2v) is 4.78. The lowest BCUT2D eigenvalue weighted by Crippen LogP contribution is -2.39. The van der Waals surface area contributed by atoms with Gasteiger partial charge >= 0.3 is 12.0 Å². The van der Waals surface area contributed by atoms with E-state index in [0.717, 1.165) is 10.5 Å². The Labute approximate surface area is 126 Å². The number of terminal acetylenes is 1. The number of aryl methyl sites for hydroxylation is 1. The minimum Gasteiger partial charge on any atom is -0.480 e. The largest absolute Gasteiger partial charge is 0.480 e. The van der Waals surface area contributed by atoms with Crippen LogP contribution in [0, 0.1) is 19.3 Å². The normalized spacial score (nSPS) is 9.70. The molecule has 1 rings (SSSR count). The van der Waals surface area contributed by atoms with Crippen LogP contribution in [0.2, 0.25) is 10.0 Å². The van der Waals surface area contributed by atoms with Gasteiger partial charge in [-0.2, -0.15) is 0 Å². The van der Waals surface area contributed by atoms with Crippen LogP contribution in [0.25, 0.3) is 0 Å². The summed E-state index contributed by atoms with van der Waals surface area (Å²) in [6.45, 7) is 1.14. The number of carbonyl (C=O) groups excluding carboxylic acids is 1. The first kappa shape index (κ1) is 16.2. The van der Waals surface area contributed by atoms with Crippen LogP contribution in [0.15, 0.2) is 12.1 Å². The fraction of sp³-hybridized carbons (Fsp3) is 0.231. The quantitative estimate of drug-likeness (QED) is 0.840. The lowest BCUT2D eigenvalue weighted by molar-refractivity contribution is -0.137. The Kier molecular flexibility index (Phi) is 5.68. The summed E-state index contributed by atoms with van der Waals surface area (Å²) in [5.41, 5.74) is 1.06. The fourth-order valence-corrected chi connectivity index (χ4v) is 1.84. The number of nitrogens with zero attached hydrogens (tertiary/aromatic N) is 1. The van der Waals surface area contributed by atoms with Gasteiger partial charge in [-0.3, -0.25) is 4.79 Å². The molecule has 0 fully saturated rings. The Hall–Kier alpha value is -1.90. The summed E-state index contributed by atoms with van der Waals surface area (Å²) >= 11 is 11.9. The van der Waals surface area contributed by atoms with E-state index in [-0.39, 0.29) is 6.54 Å². The lowest BCUT2D eigenvalue weighted by atomic mass is 10.2. The Morgan fingerprint density at radius 1 is 1.40 bits per heavy atom. The zero-order valence-corrected chi connectivity index (χ0v) is 12.1. The molecule has 0 aliphatic rings. The number of carbonyl (C=O) groups is 2. The molecular weight excluding hydrogens is 303 g/mol. The molecule has 0 aromatic heterocycles. The second kappa shape index (κ2) is 7.04. The Bertz CT molecular complexity index is 582. The summed E-state index contributed by atoms with van der Waals surface area (Å²) in [5, 5.41) is 11.9. The molecule has 0 aliphatic carbocycles. The van der Waals surface area contributed by atoms with Gasteiger partial charge in [-0.05, 0) is 24.6 Å². The summed E-state index contributed by atoms with van der Waals surface area (Å²) in [7, 11) is 0. The van der Waals surface area contributed by atoms with E-state index in [1.165, 1.54) is 6.07 Å². The van der Waals surface area contributed by atoms with Gasteiger partial charge in [-0.1, -0.05) is 29.1 Å². The number of benzene rings is 1. The van der Waals surface area contributed by atoms with Crippen LogP contribution in [0.5, 0.6) is 0 Å². The van der Waals surface area contributed by atoms with Crippen molar-refractivity contribution in [2.24, 2.45) is 0 Å². The number of carboxylic acids is 1. The van der Waals surface area contributed by atoms with Crippen LogP contribution in [-0.2, 0) is 4.79 Å². The number of halogens is 2. The molecule has 2 N–H and O–H groups in total. The van der Waals surface area contributed by atoms with Crippen molar-refractivity contribution in [3.8, 4) is 12.3 Å². The SMILES string of the molecule is C#CCN(CC(=O)O)C(=O)Nc1cc(Cl)c(C)cc1Cl. The van der Waals surface area contributed by atoms with Crippen molar-refractivity contribution in [1.82, 2.24) is 4.90 Å². The maximum absolute atomic E-state index is 11.9. The summed E-state index contributed by atoms with van der Waals surface area (Å²) in [6.07, 6.45) is 5.10. The zero-order chi connectivity index (χ0) is 15.3. The van der Waals surface area contributed by atoms with E-state index in [1.807, 2.05) is 0 Å². The molecule has 0 bridgehead atoms. The summed E-state index contributed by atoms with van der Waals surface area (Å²) in [6, 6.07) is 2.43. The molecule has 1 aromatic carbocycles. The average Bonchev–Trinajstić information content (AvgIpc) is 2.34. The number of hydrogen-bond acceptors (Lipinski definition) is 2. The zero-order valence-electron chi connectivity index (χ0n) is 10.6. The summed E-state index contributed by atoms with van der Waals surface area (Å²) in [5.74, 6) is 1.05. The molecule has 0 saturated carbocycles. The minimum atomic E-state index is -1.16. The molecule has 20 heavy (non-hydrogen) atoms. The van der Waals surface area contributed by atoms with Crippen molar-refractivity contribution in [3.63, 3.8) is 0 Å². The van der Waals surface area contributed by atoms with E-state index in [1.54, 1.807) is 13.0 Å². The molecule has 1 aromatic rings. The van der Waals surface area contributed by atoms with Gasteiger partial charge in [-0.25, -0.2) is 4.79 Å². The van der Waals surface area contributed by atoms with Crippen LogP contribution in [0.1, 0.15) is 5.56 Å². The molecule has 106 valence electrons. The van der Waals surface area contributed by atoms with Crippen LogP contribution in [-0.4, -0.2) is 35.1 Å². The molecule has 0 unspecified atom stereocenters. The maximum atomic E-state index is 11.9. The standard InChI is InChI=1S/C13H12Cl2N2O3/c1-3-4-17(7-12(18)19)13(20)16-11-6-9(14)8(2)5-10(11)15/h1,5-6H,4,7H2,2H3,(H,16,20)(H,18,19). The van der Waals surface area contributed by atoms with Crippen molar-refractivity contribution >= 4 is 40.9 Å². The van der Waals surface area contributed by atoms with E-state index in [4.69, 9.17) is 34.7 Å². The van der Waals surface area contributed by atoms with Crippen LogP contribution >= 0.6 is 23.2 Å². The van der Waals surface area contributed by atoms with E-state index >= 15 is 0 Å². The highest BCUT2D eigenvalue weighted by molar-refractivity contribution is 6.36. The Balaban J connectivity index is 2.91. The number of urea groups is 1. The molecule has 2 amide bonds. The lowest BCUT2D eigenvalue weighted by Gasteiger charge is -2.19. The molecule has 0 atom stereocenters. The van der Waals surface area contributed by atoms with Crippen molar-refractivity contribution in [1.29, 1.82) is 0 Å². The van der Waals surface area contributed by atoms with Gasteiger partial charge in [0.1, 0.15) is 6.54 Å². The van der Waals surface area contributed by atoms with Crippen LogP contribution < -0.4 is 5.32 Å². The van der Waals surface area contributed by atoms with Gasteiger partial charge in [0.2, 0.25) is 0 Å². The Morgan fingerprint density at radius 2 is 2.05 bits per heavy atom. The first-order chi connectivity index (χ1) is 9.35. The molecule has 0 aliphatic heterocycles.